The minimum Gasteiger partial charge on any atom is -0.508 e. The summed E-state index contributed by atoms with van der Waals surface area (Å²) in [5, 5.41) is 20.1. The van der Waals surface area contributed by atoms with E-state index < -0.39 is 0 Å². The van der Waals surface area contributed by atoms with Gasteiger partial charge >= 0.3 is 11.9 Å². The van der Waals surface area contributed by atoms with Gasteiger partial charge in [0.05, 0.1) is 26.4 Å². The quantitative estimate of drug-likeness (QED) is 0.134. The molecule has 0 fully saturated rings. The number of rotatable bonds is 21. The van der Waals surface area contributed by atoms with Crippen LogP contribution in [0.15, 0.2) is 24.3 Å². The van der Waals surface area contributed by atoms with Crippen molar-refractivity contribution in [3.8, 4) is 11.5 Å². The number of phenols is 2. The minimum atomic E-state index is -0.276. The number of carbonyl (C=O) groups excluding carboxylic acids is 2. The molecule has 2 rings (SSSR count). The molecule has 0 aliphatic rings. The molecule has 2 aromatic rings. The molecule has 0 saturated carbocycles. The molecule has 0 bridgehead atoms. The maximum Gasteiger partial charge on any atom is 0.306 e. The largest absolute Gasteiger partial charge is 0.508 e. The zero-order valence-corrected chi connectivity index (χ0v) is 26.0. The SMILES string of the molecule is CCCCc1cc(O)c(C)cc1CCC(=O)OCCOCCOCCOC(=O)CCc1cc(C)c(O)cc1CCCC. The predicted octanol–water partition coefficient (Wildman–Crippen LogP) is 6.08. The van der Waals surface area contributed by atoms with E-state index in [2.05, 4.69) is 13.8 Å². The fourth-order valence-electron chi connectivity index (χ4n) is 4.63. The van der Waals surface area contributed by atoms with Crippen molar-refractivity contribution >= 4 is 11.9 Å². The molecule has 0 aromatic heterocycles. The Kier molecular flexibility index (Phi) is 16.6. The molecule has 0 aliphatic carbocycles. The van der Waals surface area contributed by atoms with Crippen LogP contribution >= 0.6 is 0 Å². The number of esters is 2. The Balaban J connectivity index is 1.52. The smallest absolute Gasteiger partial charge is 0.306 e. The molecule has 234 valence electrons. The van der Waals surface area contributed by atoms with Crippen LogP contribution in [-0.4, -0.2) is 61.8 Å². The summed E-state index contributed by atoms with van der Waals surface area (Å²) in [4.78, 5) is 24.3. The van der Waals surface area contributed by atoms with Crippen molar-refractivity contribution in [3.63, 3.8) is 0 Å². The zero-order chi connectivity index (χ0) is 30.7. The second-order valence-corrected chi connectivity index (χ2v) is 10.7. The van der Waals surface area contributed by atoms with E-state index in [0.29, 0.717) is 37.6 Å². The van der Waals surface area contributed by atoms with E-state index in [-0.39, 0.29) is 51.2 Å². The lowest BCUT2D eigenvalue weighted by atomic mass is 9.96. The molecule has 8 heteroatoms. The molecule has 0 heterocycles. The Bertz CT molecular complexity index is 1020. The second kappa shape index (κ2) is 19.9. The van der Waals surface area contributed by atoms with Gasteiger partial charge in [-0.2, -0.15) is 0 Å². The lowest BCUT2D eigenvalue weighted by Gasteiger charge is -2.12. The molecule has 2 aromatic carbocycles. The lowest BCUT2D eigenvalue weighted by Crippen LogP contribution is -2.15. The highest BCUT2D eigenvalue weighted by Crippen LogP contribution is 2.25. The van der Waals surface area contributed by atoms with Crippen molar-refractivity contribution in [2.45, 2.75) is 91.9 Å². The summed E-state index contributed by atoms with van der Waals surface area (Å²) >= 11 is 0. The van der Waals surface area contributed by atoms with Gasteiger partial charge in [0, 0.05) is 12.8 Å². The third-order valence-corrected chi connectivity index (χ3v) is 7.19. The van der Waals surface area contributed by atoms with E-state index in [1.165, 1.54) is 0 Å². The fraction of sp³-hybridized carbons (Fsp3) is 0.588. The molecule has 0 spiro atoms. The molecule has 42 heavy (non-hydrogen) atoms. The topological polar surface area (TPSA) is 112 Å². The monoisotopic (exact) mass is 586 g/mol. The Hall–Kier alpha value is -3.10. The second-order valence-electron chi connectivity index (χ2n) is 10.7. The zero-order valence-electron chi connectivity index (χ0n) is 26.0. The Morgan fingerprint density at radius 3 is 1.31 bits per heavy atom. The Morgan fingerprint density at radius 2 is 0.929 bits per heavy atom. The molecule has 0 aliphatic heterocycles. The maximum absolute atomic E-state index is 12.2. The number of benzene rings is 2. The van der Waals surface area contributed by atoms with Crippen LogP contribution in [0.4, 0.5) is 0 Å². The van der Waals surface area contributed by atoms with Crippen LogP contribution in [0.25, 0.3) is 0 Å². The van der Waals surface area contributed by atoms with Gasteiger partial charge in [0.25, 0.3) is 0 Å². The van der Waals surface area contributed by atoms with Gasteiger partial charge in [0.2, 0.25) is 0 Å². The van der Waals surface area contributed by atoms with Gasteiger partial charge in [-0.1, -0.05) is 38.8 Å². The fourth-order valence-corrected chi connectivity index (χ4v) is 4.63. The number of hydrogen-bond acceptors (Lipinski definition) is 8. The van der Waals surface area contributed by atoms with Crippen LogP contribution in [0.5, 0.6) is 11.5 Å². The van der Waals surface area contributed by atoms with Crippen molar-refractivity contribution in [2.75, 3.05) is 39.6 Å². The summed E-state index contributed by atoms with van der Waals surface area (Å²) < 4.78 is 21.5. The third kappa shape index (κ3) is 13.3. The van der Waals surface area contributed by atoms with Crippen molar-refractivity contribution in [3.05, 3.63) is 57.6 Å². The van der Waals surface area contributed by atoms with E-state index in [1.807, 2.05) is 38.1 Å². The first-order valence-electron chi connectivity index (χ1n) is 15.3. The van der Waals surface area contributed by atoms with Crippen LogP contribution in [0.1, 0.15) is 85.8 Å². The Morgan fingerprint density at radius 1 is 0.571 bits per heavy atom. The third-order valence-electron chi connectivity index (χ3n) is 7.19. The first-order chi connectivity index (χ1) is 20.2. The van der Waals surface area contributed by atoms with E-state index in [9.17, 15) is 19.8 Å². The van der Waals surface area contributed by atoms with Gasteiger partial charge in [0.1, 0.15) is 24.7 Å². The first-order valence-corrected chi connectivity index (χ1v) is 15.3. The molecular formula is C34H50O8. The number of aromatic hydroxyl groups is 2. The molecule has 0 atom stereocenters. The highest BCUT2D eigenvalue weighted by Gasteiger charge is 2.12. The summed E-state index contributed by atoms with van der Waals surface area (Å²) in [6.07, 6.45) is 7.68. The van der Waals surface area contributed by atoms with Gasteiger partial charge in [-0.3, -0.25) is 9.59 Å². The molecule has 0 saturated heterocycles. The average Bonchev–Trinajstić information content (AvgIpc) is 2.97. The van der Waals surface area contributed by atoms with Crippen molar-refractivity contribution in [2.24, 2.45) is 0 Å². The normalized spacial score (nSPS) is 11.0. The molecule has 0 unspecified atom stereocenters. The Labute approximate surface area is 251 Å². The lowest BCUT2D eigenvalue weighted by molar-refractivity contribution is -0.147. The summed E-state index contributed by atoms with van der Waals surface area (Å²) in [6.45, 7) is 9.58. The molecule has 8 nitrogen and oxygen atoms in total. The van der Waals surface area contributed by atoms with E-state index in [1.54, 1.807) is 0 Å². The predicted molar refractivity (Wildman–Crippen MR) is 163 cm³/mol. The van der Waals surface area contributed by atoms with Crippen LogP contribution in [0.2, 0.25) is 0 Å². The summed E-state index contributed by atoms with van der Waals surface area (Å²) in [5.41, 5.74) is 5.96. The van der Waals surface area contributed by atoms with Crippen LogP contribution in [0, 0.1) is 13.8 Å². The number of aryl methyl sites for hydroxylation is 6. The van der Waals surface area contributed by atoms with Crippen LogP contribution in [-0.2, 0) is 54.2 Å². The van der Waals surface area contributed by atoms with Gasteiger partial charge < -0.3 is 29.2 Å². The summed E-state index contributed by atoms with van der Waals surface area (Å²) in [5.74, 6) is 0.0358. The highest BCUT2D eigenvalue weighted by molar-refractivity contribution is 5.70. The van der Waals surface area contributed by atoms with E-state index >= 15 is 0 Å². The number of hydrogen-bond donors (Lipinski definition) is 2. The minimum absolute atomic E-state index is 0.175. The number of carbonyl (C=O) groups is 2. The van der Waals surface area contributed by atoms with Gasteiger partial charge in [-0.25, -0.2) is 0 Å². The molecule has 0 radical (unpaired) electrons. The van der Waals surface area contributed by atoms with Gasteiger partial charge in [-0.05, 0) is 97.9 Å². The number of unbranched alkanes of at least 4 members (excludes halogenated alkanes) is 2. The first kappa shape index (κ1) is 35.1. The van der Waals surface area contributed by atoms with Crippen molar-refractivity contribution in [1.82, 2.24) is 0 Å². The highest BCUT2D eigenvalue weighted by atomic mass is 16.6. The molecule has 0 amide bonds. The number of ether oxygens (including phenoxy) is 4. The van der Waals surface area contributed by atoms with E-state index in [0.717, 1.165) is 71.9 Å². The summed E-state index contributed by atoms with van der Waals surface area (Å²) in [6, 6.07) is 7.55. The van der Waals surface area contributed by atoms with E-state index in [4.69, 9.17) is 18.9 Å². The maximum atomic E-state index is 12.2. The number of phenolic OH excluding ortho intramolecular Hbond substituents is 2. The van der Waals surface area contributed by atoms with Gasteiger partial charge in [-0.15, -0.1) is 0 Å². The molecule has 2 N–H and O–H groups in total. The van der Waals surface area contributed by atoms with Crippen LogP contribution in [0.3, 0.4) is 0 Å². The molecular weight excluding hydrogens is 536 g/mol. The average molecular weight is 587 g/mol. The van der Waals surface area contributed by atoms with Gasteiger partial charge in [0.15, 0.2) is 0 Å². The van der Waals surface area contributed by atoms with Crippen molar-refractivity contribution in [1.29, 1.82) is 0 Å². The van der Waals surface area contributed by atoms with Crippen molar-refractivity contribution < 1.29 is 38.7 Å². The summed E-state index contributed by atoms with van der Waals surface area (Å²) in [7, 11) is 0. The van der Waals surface area contributed by atoms with Crippen LogP contribution < -0.4 is 0 Å². The standard InChI is InChI=1S/C34H50O8/c1-5-7-9-27-23-31(35)25(3)21-29(27)11-13-33(37)41-19-17-39-15-16-40-18-20-42-34(38)14-12-30-22-26(4)32(36)24-28(30)10-8-6-2/h21-24,35-36H,5-20H2,1-4H3.